The zero-order chi connectivity index (χ0) is 21.2. The lowest BCUT2D eigenvalue weighted by atomic mass is 9.77. The standard InChI is InChI=1S/C27H37N3/c1-3-5-7-9-21-11-13-23(14-12-21)26-19-29-27(30-20-26)24-16-15-22(10-8-6-4-2)25(17-24)18-28/h15-17,19-21,23H,3-14H2,1-2H3/t21-,23-. The number of aryl methyl sites for hydroxylation is 1. The zero-order valence-electron chi connectivity index (χ0n) is 18.9. The van der Waals surface area contributed by atoms with Crippen LogP contribution < -0.4 is 0 Å². The molecule has 3 heteroatoms. The quantitative estimate of drug-likeness (QED) is 0.384. The Balaban J connectivity index is 1.60. The molecule has 0 unspecified atom stereocenters. The number of benzene rings is 1. The minimum absolute atomic E-state index is 0.608. The van der Waals surface area contributed by atoms with E-state index in [-0.39, 0.29) is 0 Å². The molecule has 0 bridgehead atoms. The fourth-order valence-electron chi connectivity index (χ4n) is 4.77. The van der Waals surface area contributed by atoms with Gasteiger partial charge in [-0.3, -0.25) is 0 Å². The van der Waals surface area contributed by atoms with Crippen LogP contribution in [0.1, 0.15) is 107 Å². The average Bonchev–Trinajstić information content (AvgIpc) is 2.80. The van der Waals surface area contributed by atoms with Crippen molar-refractivity contribution in [1.82, 2.24) is 9.97 Å². The first-order valence-electron chi connectivity index (χ1n) is 12.1. The summed E-state index contributed by atoms with van der Waals surface area (Å²) in [6, 6.07) is 8.47. The molecule has 30 heavy (non-hydrogen) atoms. The largest absolute Gasteiger partial charge is 0.236 e. The Hall–Kier alpha value is -2.21. The van der Waals surface area contributed by atoms with Gasteiger partial charge in [0.2, 0.25) is 0 Å². The summed E-state index contributed by atoms with van der Waals surface area (Å²) < 4.78 is 0. The smallest absolute Gasteiger partial charge is 0.159 e. The third-order valence-electron chi connectivity index (χ3n) is 6.74. The summed E-state index contributed by atoms with van der Waals surface area (Å²) in [4.78, 5) is 9.33. The van der Waals surface area contributed by atoms with Crippen LogP contribution >= 0.6 is 0 Å². The van der Waals surface area contributed by atoms with Crippen molar-refractivity contribution in [3.63, 3.8) is 0 Å². The maximum atomic E-state index is 9.56. The van der Waals surface area contributed by atoms with Crippen molar-refractivity contribution in [2.24, 2.45) is 5.92 Å². The van der Waals surface area contributed by atoms with E-state index in [2.05, 4.69) is 42.0 Å². The van der Waals surface area contributed by atoms with Gasteiger partial charge in [0.25, 0.3) is 0 Å². The first-order valence-corrected chi connectivity index (χ1v) is 12.1. The second-order valence-corrected chi connectivity index (χ2v) is 8.99. The highest BCUT2D eigenvalue weighted by Gasteiger charge is 2.22. The molecule has 0 aliphatic heterocycles. The van der Waals surface area contributed by atoms with Gasteiger partial charge in [-0.2, -0.15) is 5.26 Å². The molecule has 3 rings (SSSR count). The molecule has 1 fully saturated rings. The molecule has 1 aliphatic carbocycles. The molecule has 0 radical (unpaired) electrons. The number of nitrogens with zero attached hydrogens (tertiary/aromatic N) is 3. The maximum Gasteiger partial charge on any atom is 0.159 e. The van der Waals surface area contributed by atoms with Crippen LogP contribution in [-0.4, -0.2) is 9.97 Å². The zero-order valence-corrected chi connectivity index (χ0v) is 18.9. The number of rotatable bonds is 10. The molecule has 2 aromatic rings. The van der Waals surface area contributed by atoms with Gasteiger partial charge >= 0.3 is 0 Å². The summed E-state index contributed by atoms with van der Waals surface area (Å²) in [5.41, 5.74) is 4.12. The fourth-order valence-corrected chi connectivity index (χ4v) is 4.77. The van der Waals surface area contributed by atoms with Gasteiger partial charge in [-0.15, -0.1) is 0 Å². The highest BCUT2D eigenvalue weighted by Crippen LogP contribution is 2.37. The van der Waals surface area contributed by atoms with Crippen molar-refractivity contribution in [3.05, 3.63) is 47.3 Å². The predicted octanol–water partition coefficient (Wildman–Crippen LogP) is 7.60. The third kappa shape index (κ3) is 6.14. The molecule has 1 heterocycles. The van der Waals surface area contributed by atoms with Gasteiger partial charge < -0.3 is 0 Å². The molecule has 0 amide bonds. The predicted molar refractivity (Wildman–Crippen MR) is 124 cm³/mol. The van der Waals surface area contributed by atoms with Crippen LogP contribution in [0.4, 0.5) is 0 Å². The van der Waals surface area contributed by atoms with Gasteiger partial charge in [-0.25, -0.2) is 9.97 Å². The van der Waals surface area contributed by atoms with Gasteiger partial charge in [-0.05, 0) is 67.6 Å². The molecule has 0 N–H and O–H groups in total. The van der Waals surface area contributed by atoms with Crippen molar-refractivity contribution in [3.8, 4) is 17.5 Å². The van der Waals surface area contributed by atoms with Gasteiger partial charge in [0, 0.05) is 18.0 Å². The van der Waals surface area contributed by atoms with Crippen LogP contribution in [-0.2, 0) is 6.42 Å². The van der Waals surface area contributed by atoms with E-state index in [9.17, 15) is 5.26 Å². The van der Waals surface area contributed by atoms with Crippen molar-refractivity contribution in [1.29, 1.82) is 5.26 Å². The number of aromatic nitrogens is 2. The molecule has 1 saturated carbocycles. The molecule has 1 aromatic carbocycles. The number of nitriles is 1. The van der Waals surface area contributed by atoms with E-state index in [1.165, 1.54) is 69.8 Å². The second-order valence-electron chi connectivity index (χ2n) is 8.99. The van der Waals surface area contributed by atoms with E-state index in [4.69, 9.17) is 0 Å². The van der Waals surface area contributed by atoms with Crippen molar-refractivity contribution < 1.29 is 0 Å². The summed E-state index contributed by atoms with van der Waals surface area (Å²) in [6.07, 6.45) is 19.3. The lowest BCUT2D eigenvalue weighted by molar-refractivity contribution is 0.302. The van der Waals surface area contributed by atoms with E-state index >= 15 is 0 Å². The molecular formula is C27H37N3. The van der Waals surface area contributed by atoms with E-state index in [1.807, 2.05) is 18.5 Å². The molecule has 3 nitrogen and oxygen atoms in total. The van der Waals surface area contributed by atoms with Crippen LogP contribution in [0.3, 0.4) is 0 Å². The van der Waals surface area contributed by atoms with E-state index in [0.717, 1.165) is 41.3 Å². The SMILES string of the molecule is CCCCCc1ccc(-c2ncc([C@H]3CC[C@H](CCCCC)CC3)cn2)cc1C#N. The van der Waals surface area contributed by atoms with E-state index in [0.29, 0.717) is 5.92 Å². The molecule has 1 aromatic heterocycles. The topological polar surface area (TPSA) is 49.6 Å². The second kappa shape index (κ2) is 11.8. The van der Waals surface area contributed by atoms with Crippen molar-refractivity contribution in [2.75, 3.05) is 0 Å². The van der Waals surface area contributed by atoms with Gasteiger partial charge in [0.15, 0.2) is 5.82 Å². The molecule has 160 valence electrons. The van der Waals surface area contributed by atoms with E-state index in [1.54, 1.807) is 0 Å². The summed E-state index contributed by atoms with van der Waals surface area (Å²) in [7, 11) is 0. The summed E-state index contributed by atoms with van der Waals surface area (Å²) >= 11 is 0. The Morgan fingerprint density at radius 1 is 0.933 bits per heavy atom. The van der Waals surface area contributed by atoms with Gasteiger partial charge in [0.05, 0.1) is 11.6 Å². The van der Waals surface area contributed by atoms with Crippen molar-refractivity contribution in [2.45, 2.75) is 96.8 Å². The summed E-state index contributed by atoms with van der Waals surface area (Å²) in [5, 5.41) is 9.56. The van der Waals surface area contributed by atoms with E-state index < -0.39 is 0 Å². The van der Waals surface area contributed by atoms with Gasteiger partial charge in [-0.1, -0.05) is 64.5 Å². The van der Waals surface area contributed by atoms with Crippen LogP contribution in [0.15, 0.2) is 30.6 Å². The minimum atomic E-state index is 0.608. The van der Waals surface area contributed by atoms with Gasteiger partial charge in [0.1, 0.15) is 0 Å². The molecule has 0 atom stereocenters. The Morgan fingerprint density at radius 2 is 1.63 bits per heavy atom. The van der Waals surface area contributed by atoms with Crippen molar-refractivity contribution >= 4 is 0 Å². The number of hydrogen-bond acceptors (Lipinski definition) is 3. The fraction of sp³-hybridized carbons (Fsp3) is 0.593. The van der Waals surface area contributed by atoms with Crippen LogP contribution in [0.5, 0.6) is 0 Å². The van der Waals surface area contributed by atoms with Crippen LogP contribution in [0, 0.1) is 17.2 Å². The molecule has 1 aliphatic rings. The third-order valence-corrected chi connectivity index (χ3v) is 6.74. The van der Waals surface area contributed by atoms with Crippen LogP contribution in [0.25, 0.3) is 11.4 Å². The highest BCUT2D eigenvalue weighted by atomic mass is 14.9. The van der Waals surface area contributed by atoms with Crippen LogP contribution in [0.2, 0.25) is 0 Å². The first kappa shape index (κ1) is 22.5. The molecule has 0 saturated heterocycles. The minimum Gasteiger partial charge on any atom is -0.236 e. The lowest BCUT2D eigenvalue weighted by Crippen LogP contribution is -2.14. The lowest BCUT2D eigenvalue weighted by Gasteiger charge is -2.28. The Labute approximate surface area is 183 Å². The normalized spacial score (nSPS) is 18.8. The maximum absolute atomic E-state index is 9.56. The molecule has 0 spiro atoms. The number of hydrogen-bond donors (Lipinski definition) is 0. The molecular weight excluding hydrogens is 366 g/mol. The monoisotopic (exact) mass is 403 g/mol. The Kier molecular flexibility index (Phi) is 8.87. The average molecular weight is 404 g/mol. The summed E-state index contributed by atoms with van der Waals surface area (Å²) in [5.74, 6) is 2.26. The Bertz CT molecular complexity index is 811. The first-order chi connectivity index (χ1) is 14.7. The highest BCUT2D eigenvalue weighted by molar-refractivity contribution is 5.59. The summed E-state index contributed by atoms with van der Waals surface area (Å²) in [6.45, 7) is 4.48. The Morgan fingerprint density at radius 3 is 2.30 bits per heavy atom. The number of unbranched alkanes of at least 4 members (excludes halogenated alkanes) is 4.